The quantitative estimate of drug-likeness (QED) is 0.748. The lowest BCUT2D eigenvalue weighted by Crippen LogP contribution is -2.18. The number of aromatic amines is 1. The van der Waals surface area contributed by atoms with Crippen molar-refractivity contribution in [3.05, 3.63) is 76.1 Å². The molecule has 24 heavy (non-hydrogen) atoms. The molecule has 0 amide bonds. The van der Waals surface area contributed by atoms with Gasteiger partial charge in [-0.05, 0) is 30.7 Å². The molecule has 122 valence electrons. The Morgan fingerprint density at radius 1 is 1.21 bits per heavy atom. The summed E-state index contributed by atoms with van der Waals surface area (Å²) in [5.74, 6) is -0.802. The largest absolute Gasteiger partial charge is 0.454 e. The van der Waals surface area contributed by atoms with Crippen molar-refractivity contribution in [2.75, 3.05) is 0 Å². The van der Waals surface area contributed by atoms with Crippen molar-refractivity contribution < 1.29 is 13.9 Å². The summed E-state index contributed by atoms with van der Waals surface area (Å²) in [7, 11) is 0. The van der Waals surface area contributed by atoms with Crippen molar-refractivity contribution in [2.45, 2.75) is 19.4 Å². The molecule has 0 bridgehead atoms. The zero-order valence-corrected chi connectivity index (χ0v) is 13.0. The minimum atomic E-state index is -0.749. The summed E-state index contributed by atoms with van der Waals surface area (Å²) in [6.07, 6.45) is -0.934. The van der Waals surface area contributed by atoms with Gasteiger partial charge in [-0.25, -0.2) is 9.37 Å². The SMILES string of the molecule is C[C@@H](OC(=O)Cc1ccccc1F)c1nc2ccccc2c(=O)[nH]1. The molecule has 0 aliphatic heterocycles. The van der Waals surface area contributed by atoms with Gasteiger partial charge in [0.25, 0.3) is 5.56 Å². The summed E-state index contributed by atoms with van der Waals surface area (Å²) in [5.41, 5.74) is 0.482. The van der Waals surface area contributed by atoms with Gasteiger partial charge in [0.05, 0.1) is 17.3 Å². The van der Waals surface area contributed by atoms with Crippen LogP contribution in [0.2, 0.25) is 0 Å². The number of rotatable bonds is 4. The van der Waals surface area contributed by atoms with E-state index in [-0.39, 0.29) is 23.4 Å². The van der Waals surface area contributed by atoms with E-state index in [0.29, 0.717) is 10.9 Å². The molecule has 3 aromatic rings. The molecule has 0 aliphatic rings. The summed E-state index contributed by atoms with van der Waals surface area (Å²) < 4.78 is 18.8. The number of para-hydroxylation sites is 1. The lowest BCUT2D eigenvalue weighted by molar-refractivity contribution is -0.148. The highest BCUT2D eigenvalue weighted by atomic mass is 19.1. The number of benzene rings is 2. The van der Waals surface area contributed by atoms with Crippen molar-refractivity contribution in [3.8, 4) is 0 Å². The maximum Gasteiger partial charge on any atom is 0.311 e. The van der Waals surface area contributed by atoms with E-state index >= 15 is 0 Å². The number of nitrogens with one attached hydrogen (secondary N) is 1. The van der Waals surface area contributed by atoms with E-state index in [0.717, 1.165) is 0 Å². The van der Waals surface area contributed by atoms with Crippen LogP contribution >= 0.6 is 0 Å². The third kappa shape index (κ3) is 3.32. The highest BCUT2D eigenvalue weighted by Gasteiger charge is 2.17. The summed E-state index contributed by atoms with van der Waals surface area (Å²) in [5, 5.41) is 0.464. The van der Waals surface area contributed by atoms with E-state index in [4.69, 9.17) is 4.74 Å². The first-order valence-electron chi connectivity index (χ1n) is 7.46. The van der Waals surface area contributed by atoms with Gasteiger partial charge in [-0.2, -0.15) is 0 Å². The van der Waals surface area contributed by atoms with E-state index in [2.05, 4.69) is 9.97 Å². The predicted octanol–water partition coefficient (Wildman–Crippen LogP) is 2.91. The van der Waals surface area contributed by atoms with E-state index in [1.165, 1.54) is 12.1 Å². The Morgan fingerprint density at radius 2 is 1.92 bits per heavy atom. The molecule has 5 nitrogen and oxygen atoms in total. The van der Waals surface area contributed by atoms with Crippen molar-refractivity contribution in [1.82, 2.24) is 9.97 Å². The van der Waals surface area contributed by atoms with Crippen molar-refractivity contribution in [3.63, 3.8) is 0 Å². The van der Waals surface area contributed by atoms with E-state index in [1.807, 2.05) is 0 Å². The van der Waals surface area contributed by atoms with Crippen LogP contribution in [-0.4, -0.2) is 15.9 Å². The van der Waals surface area contributed by atoms with Crippen LogP contribution in [0.1, 0.15) is 24.4 Å². The van der Waals surface area contributed by atoms with Gasteiger partial charge in [0.2, 0.25) is 0 Å². The first-order valence-corrected chi connectivity index (χ1v) is 7.46. The second kappa shape index (κ2) is 6.62. The molecule has 0 fully saturated rings. The molecule has 1 aromatic heterocycles. The Kier molecular flexibility index (Phi) is 4.37. The number of nitrogens with zero attached hydrogens (tertiary/aromatic N) is 1. The van der Waals surface area contributed by atoms with Crippen LogP contribution in [0.3, 0.4) is 0 Å². The molecule has 1 heterocycles. The number of hydrogen-bond donors (Lipinski definition) is 1. The molecule has 0 saturated heterocycles. The lowest BCUT2D eigenvalue weighted by Gasteiger charge is -2.13. The fourth-order valence-corrected chi connectivity index (χ4v) is 2.39. The van der Waals surface area contributed by atoms with E-state index in [9.17, 15) is 14.0 Å². The predicted molar refractivity (Wildman–Crippen MR) is 87.0 cm³/mol. The number of carbonyl (C=O) groups is 1. The second-order valence-electron chi connectivity index (χ2n) is 5.37. The number of carbonyl (C=O) groups excluding carboxylic acids is 1. The second-order valence-corrected chi connectivity index (χ2v) is 5.37. The van der Waals surface area contributed by atoms with E-state index < -0.39 is 17.9 Å². The normalized spacial score (nSPS) is 12.1. The number of hydrogen-bond acceptors (Lipinski definition) is 4. The van der Waals surface area contributed by atoms with Crippen LogP contribution in [0.25, 0.3) is 10.9 Å². The first kappa shape index (κ1) is 15.9. The van der Waals surface area contributed by atoms with Gasteiger partial charge in [-0.3, -0.25) is 9.59 Å². The number of halogens is 1. The molecular weight excluding hydrogens is 311 g/mol. The number of aromatic nitrogens is 2. The van der Waals surface area contributed by atoms with Crippen LogP contribution in [0, 0.1) is 5.82 Å². The van der Waals surface area contributed by atoms with Crippen LogP contribution in [0.5, 0.6) is 0 Å². The van der Waals surface area contributed by atoms with Crippen LogP contribution in [0.4, 0.5) is 4.39 Å². The summed E-state index contributed by atoms with van der Waals surface area (Å²) in [6.45, 7) is 1.60. The Labute approximate surface area is 137 Å². The average molecular weight is 326 g/mol. The monoisotopic (exact) mass is 326 g/mol. The number of esters is 1. The van der Waals surface area contributed by atoms with Crippen molar-refractivity contribution >= 4 is 16.9 Å². The minimum absolute atomic E-state index is 0.186. The van der Waals surface area contributed by atoms with Gasteiger partial charge in [0.1, 0.15) is 5.82 Å². The van der Waals surface area contributed by atoms with Crippen LogP contribution < -0.4 is 5.56 Å². The maximum atomic E-state index is 13.6. The fourth-order valence-electron chi connectivity index (χ4n) is 2.39. The number of H-pyrrole nitrogens is 1. The fraction of sp³-hybridized carbons (Fsp3) is 0.167. The lowest BCUT2D eigenvalue weighted by atomic mass is 10.1. The molecule has 6 heteroatoms. The Balaban J connectivity index is 1.77. The van der Waals surface area contributed by atoms with Gasteiger partial charge >= 0.3 is 5.97 Å². The highest BCUT2D eigenvalue weighted by molar-refractivity contribution is 5.77. The van der Waals surface area contributed by atoms with Gasteiger partial charge < -0.3 is 9.72 Å². The molecule has 0 unspecified atom stereocenters. The molecule has 0 aliphatic carbocycles. The molecule has 1 N–H and O–H groups in total. The van der Waals surface area contributed by atoms with Gasteiger partial charge in [0.15, 0.2) is 11.9 Å². The zero-order chi connectivity index (χ0) is 17.1. The van der Waals surface area contributed by atoms with Crippen molar-refractivity contribution in [2.24, 2.45) is 0 Å². The molecular formula is C18H15FN2O3. The smallest absolute Gasteiger partial charge is 0.311 e. The van der Waals surface area contributed by atoms with Gasteiger partial charge in [-0.1, -0.05) is 30.3 Å². The molecule has 0 radical (unpaired) electrons. The summed E-state index contributed by atoms with van der Waals surface area (Å²) >= 11 is 0. The summed E-state index contributed by atoms with van der Waals surface area (Å²) in [4.78, 5) is 30.9. The molecule has 0 spiro atoms. The van der Waals surface area contributed by atoms with Gasteiger partial charge in [0, 0.05) is 0 Å². The third-order valence-electron chi connectivity index (χ3n) is 3.62. The highest BCUT2D eigenvalue weighted by Crippen LogP contribution is 2.16. The van der Waals surface area contributed by atoms with Crippen LogP contribution in [-0.2, 0) is 16.0 Å². The van der Waals surface area contributed by atoms with Crippen molar-refractivity contribution in [1.29, 1.82) is 0 Å². The zero-order valence-electron chi connectivity index (χ0n) is 13.0. The third-order valence-corrected chi connectivity index (χ3v) is 3.62. The number of fused-ring (bicyclic) bond motifs is 1. The molecule has 0 saturated carbocycles. The van der Waals surface area contributed by atoms with Gasteiger partial charge in [-0.15, -0.1) is 0 Å². The Morgan fingerprint density at radius 3 is 2.71 bits per heavy atom. The average Bonchev–Trinajstić information content (AvgIpc) is 2.57. The maximum absolute atomic E-state index is 13.6. The number of ether oxygens (including phenoxy) is 1. The topological polar surface area (TPSA) is 72.0 Å². The summed E-state index contributed by atoms with van der Waals surface area (Å²) in [6, 6.07) is 12.9. The van der Waals surface area contributed by atoms with Crippen LogP contribution in [0.15, 0.2) is 53.3 Å². The minimum Gasteiger partial charge on any atom is -0.454 e. The standard InChI is InChI=1S/C18H15FN2O3/c1-11(24-16(22)10-12-6-2-4-8-14(12)19)17-20-15-9-5-3-7-13(15)18(23)21-17/h2-9,11H,10H2,1H3,(H,20,21,23)/t11-/m1/s1. The Bertz CT molecular complexity index is 952. The molecule has 2 aromatic carbocycles. The first-order chi connectivity index (χ1) is 11.5. The molecule has 1 atom stereocenters. The Hall–Kier alpha value is -3.02. The molecule has 3 rings (SSSR count). The van der Waals surface area contributed by atoms with E-state index in [1.54, 1.807) is 43.3 Å².